The number of aryl methyl sites for hydroxylation is 1. The molecule has 0 spiro atoms. The topological polar surface area (TPSA) is 125 Å². The van der Waals surface area contributed by atoms with Gasteiger partial charge in [0.2, 0.25) is 17.6 Å². The van der Waals surface area contributed by atoms with Crippen LogP contribution in [0.1, 0.15) is 43.4 Å². The van der Waals surface area contributed by atoms with Crippen LogP contribution in [0.2, 0.25) is 0 Å². The molecule has 6 rings (SSSR count). The second-order valence-electron chi connectivity index (χ2n) is 12.7. The van der Waals surface area contributed by atoms with E-state index in [0.717, 1.165) is 39.1 Å². The van der Waals surface area contributed by atoms with Crippen molar-refractivity contribution in [2.24, 2.45) is 0 Å². The van der Waals surface area contributed by atoms with Crippen molar-refractivity contribution in [2.75, 3.05) is 18.1 Å². The van der Waals surface area contributed by atoms with E-state index in [-0.39, 0.29) is 18.2 Å². The molecular weight excluding hydrogens is 602 g/mol. The predicted molar refractivity (Wildman–Crippen MR) is 186 cm³/mol. The van der Waals surface area contributed by atoms with E-state index in [1.54, 1.807) is 0 Å². The summed E-state index contributed by atoms with van der Waals surface area (Å²) >= 11 is 0. The molecule has 246 valence electrons. The molecule has 5 aromatic rings. The molecule has 0 saturated heterocycles. The number of rotatable bonds is 13. The molecule has 0 aliphatic carbocycles. The number of aromatic nitrogens is 4. The van der Waals surface area contributed by atoms with Crippen molar-refractivity contribution < 1.29 is 14.3 Å². The molecule has 0 unspecified atom stereocenters. The summed E-state index contributed by atoms with van der Waals surface area (Å²) in [6.07, 6.45) is 1.45. The third-order valence-corrected chi connectivity index (χ3v) is 8.57. The summed E-state index contributed by atoms with van der Waals surface area (Å²) < 4.78 is 5.79. The van der Waals surface area contributed by atoms with Crippen molar-refractivity contribution in [3.63, 3.8) is 0 Å². The maximum absolute atomic E-state index is 14.1. The Balaban J connectivity index is 1.09. The summed E-state index contributed by atoms with van der Waals surface area (Å²) in [5.41, 5.74) is 6.47. The minimum atomic E-state index is -0.629. The van der Waals surface area contributed by atoms with Crippen LogP contribution >= 0.6 is 0 Å². The highest BCUT2D eigenvalue weighted by Crippen LogP contribution is 2.32. The van der Waals surface area contributed by atoms with Gasteiger partial charge in [0.1, 0.15) is 6.04 Å². The largest absolute Gasteiger partial charge is 0.375 e. The van der Waals surface area contributed by atoms with E-state index in [1.807, 2.05) is 116 Å². The number of ether oxygens (including phenoxy) is 1. The number of fused-ring (bicyclic) bond motifs is 1. The Morgan fingerprint density at radius 1 is 0.917 bits per heavy atom. The molecular formula is C38H41N7O3. The Morgan fingerprint density at radius 3 is 2.42 bits per heavy atom. The average Bonchev–Trinajstić information content (AvgIpc) is 3.61. The summed E-state index contributed by atoms with van der Waals surface area (Å²) in [5.74, 6) is 0.257. The molecule has 10 nitrogen and oxygen atoms in total. The third-order valence-electron chi connectivity index (χ3n) is 8.57. The quantitative estimate of drug-likeness (QED) is 0.145. The van der Waals surface area contributed by atoms with Gasteiger partial charge in [0.05, 0.1) is 19.8 Å². The molecule has 0 radical (unpaired) electrons. The lowest BCUT2D eigenvalue weighted by molar-refractivity contribution is -0.128. The summed E-state index contributed by atoms with van der Waals surface area (Å²) in [4.78, 5) is 29.2. The van der Waals surface area contributed by atoms with Gasteiger partial charge in [-0.2, -0.15) is 5.21 Å². The van der Waals surface area contributed by atoms with Gasteiger partial charge in [0.15, 0.2) is 0 Å². The molecule has 1 aliphatic rings. The molecule has 3 N–H and O–H groups in total. The fraction of sp³-hybridized carbons (Fsp3) is 0.289. The van der Waals surface area contributed by atoms with Gasteiger partial charge < -0.3 is 20.3 Å². The number of tetrazole rings is 1. The van der Waals surface area contributed by atoms with Gasteiger partial charge in [0, 0.05) is 29.8 Å². The van der Waals surface area contributed by atoms with Crippen LogP contribution in [0.15, 0.2) is 103 Å². The summed E-state index contributed by atoms with van der Waals surface area (Å²) in [7, 11) is 0. The molecule has 1 aromatic heterocycles. The molecule has 2 amide bonds. The number of hydrogen-bond donors (Lipinski definition) is 3. The fourth-order valence-corrected chi connectivity index (χ4v) is 6.13. The Kier molecular flexibility index (Phi) is 10.3. The summed E-state index contributed by atoms with van der Waals surface area (Å²) in [6, 6.07) is 33.5. The zero-order valence-corrected chi connectivity index (χ0v) is 27.4. The standard InChI is InChI=1S/C38H41N7O3/c1-38(2,39-22-23-48-26-28-10-4-3-5-11-28)24-35(46)40-33-21-20-30-12-6-9-15-34(30)45(37(33)47)25-27-16-18-29(19-17-27)31-13-7-8-14-32(31)36-41-43-44-42-36/h3-19,33,39H,20-26H2,1-2H3,(H,40,46)(H,41,42,43,44)/t33-/m1/s1. The van der Waals surface area contributed by atoms with Crippen LogP contribution in [0, 0.1) is 0 Å². The van der Waals surface area contributed by atoms with Crippen molar-refractivity contribution in [3.8, 4) is 22.5 Å². The van der Waals surface area contributed by atoms with E-state index in [2.05, 4.69) is 37.3 Å². The number of nitrogens with zero attached hydrogens (tertiary/aromatic N) is 4. The average molecular weight is 644 g/mol. The normalized spacial score (nSPS) is 14.8. The SMILES string of the molecule is CC(C)(CC(=O)N[C@@H]1CCc2ccccc2N(Cc2ccc(-c3ccccc3-c3nn[nH]n3)cc2)C1=O)NCCOCc1ccccc1. The summed E-state index contributed by atoms with van der Waals surface area (Å²) in [5, 5.41) is 21.0. The van der Waals surface area contributed by atoms with Crippen molar-refractivity contribution in [3.05, 3.63) is 120 Å². The lowest BCUT2D eigenvalue weighted by atomic mass is 9.98. The number of carbonyl (C=O) groups excluding carboxylic acids is 2. The number of amides is 2. The maximum atomic E-state index is 14.1. The second kappa shape index (κ2) is 15.1. The first kappa shape index (κ1) is 32.7. The van der Waals surface area contributed by atoms with E-state index in [9.17, 15) is 9.59 Å². The second-order valence-corrected chi connectivity index (χ2v) is 12.7. The monoisotopic (exact) mass is 643 g/mol. The number of nitrogens with one attached hydrogen (secondary N) is 3. The molecule has 10 heteroatoms. The van der Waals surface area contributed by atoms with E-state index in [1.165, 1.54) is 0 Å². The molecule has 0 bridgehead atoms. The first-order valence-electron chi connectivity index (χ1n) is 16.3. The van der Waals surface area contributed by atoms with Gasteiger partial charge in [-0.1, -0.05) is 97.1 Å². The molecule has 1 atom stereocenters. The Bertz CT molecular complexity index is 1810. The van der Waals surface area contributed by atoms with Gasteiger partial charge >= 0.3 is 0 Å². The molecule has 0 saturated carbocycles. The first-order chi connectivity index (χ1) is 23.4. The van der Waals surface area contributed by atoms with Gasteiger partial charge in [-0.25, -0.2) is 0 Å². The van der Waals surface area contributed by atoms with Crippen LogP contribution in [-0.4, -0.2) is 57.2 Å². The van der Waals surface area contributed by atoms with E-state index < -0.39 is 11.6 Å². The highest BCUT2D eigenvalue weighted by molar-refractivity contribution is 6.00. The number of anilines is 1. The number of aromatic amines is 1. The minimum absolute atomic E-state index is 0.111. The number of para-hydroxylation sites is 1. The van der Waals surface area contributed by atoms with Gasteiger partial charge in [-0.05, 0) is 65.8 Å². The molecule has 1 aliphatic heterocycles. The maximum Gasteiger partial charge on any atom is 0.249 e. The number of carbonyl (C=O) groups is 2. The zero-order chi connectivity index (χ0) is 33.3. The van der Waals surface area contributed by atoms with Gasteiger partial charge in [-0.15, -0.1) is 10.2 Å². The first-order valence-corrected chi connectivity index (χ1v) is 16.3. The zero-order valence-electron chi connectivity index (χ0n) is 27.4. The number of H-pyrrole nitrogens is 1. The Labute approximate surface area is 280 Å². The molecule has 48 heavy (non-hydrogen) atoms. The smallest absolute Gasteiger partial charge is 0.249 e. The van der Waals surface area contributed by atoms with E-state index in [0.29, 0.717) is 45.0 Å². The highest BCUT2D eigenvalue weighted by atomic mass is 16.5. The number of benzene rings is 4. The van der Waals surface area contributed by atoms with Crippen LogP contribution in [0.4, 0.5) is 5.69 Å². The van der Waals surface area contributed by atoms with Crippen LogP contribution in [0.5, 0.6) is 0 Å². The molecule has 0 fully saturated rings. The number of hydrogen-bond acceptors (Lipinski definition) is 7. The van der Waals surface area contributed by atoms with Crippen molar-refractivity contribution in [1.82, 2.24) is 31.3 Å². The van der Waals surface area contributed by atoms with Crippen LogP contribution in [-0.2, 0) is 33.9 Å². The lowest BCUT2D eigenvalue weighted by Crippen LogP contribution is -2.51. The predicted octanol–water partition coefficient (Wildman–Crippen LogP) is 5.47. The van der Waals surface area contributed by atoms with Gasteiger partial charge in [0.25, 0.3) is 0 Å². The van der Waals surface area contributed by atoms with Crippen molar-refractivity contribution >= 4 is 17.5 Å². The lowest BCUT2D eigenvalue weighted by Gasteiger charge is -2.29. The minimum Gasteiger partial charge on any atom is -0.375 e. The molecule has 4 aromatic carbocycles. The third kappa shape index (κ3) is 8.20. The molecule has 2 heterocycles. The van der Waals surface area contributed by atoms with Crippen LogP contribution in [0.25, 0.3) is 22.5 Å². The van der Waals surface area contributed by atoms with Gasteiger partial charge in [-0.3, -0.25) is 9.59 Å². The highest BCUT2D eigenvalue weighted by Gasteiger charge is 2.32. The van der Waals surface area contributed by atoms with Crippen LogP contribution < -0.4 is 15.5 Å². The summed E-state index contributed by atoms with van der Waals surface area (Å²) in [6.45, 7) is 6.05. The van der Waals surface area contributed by atoms with E-state index >= 15 is 0 Å². The van der Waals surface area contributed by atoms with Crippen molar-refractivity contribution in [2.45, 2.75) is 57.8 Å². The Hall–Kier alpha value is -5.19. The van der Waals surface area contributed by atoms with E-state index in [4.69, 9.17) is 4.74 Å². The Morgan fingerprint density at radius 2 is 1.65 bits per heavy atom. The van der Waals surface area contributed by atoms with Crippen molar-refractivity contribution in [1.29, 1.82) is 0 Å². The fourth-order valence-electron chi connectivity index (χ4n) is 6.13. The van der Waals surface area contributed by atoms with Crippen LogP contribution in [0.3, 0.4) is 0 Å².